The van der Waals surface area contributed by atoms with Gasteiger partial charge in [-0.1, -0.05) is 155 Å². The summed E-state index contributed by atoms with van der Waals surface area (Å²) in [5.74, 6) is -12.8. The molecule has 0 saturated carbocycles. The summed E-state index contributed by atoms with van der Waals surface area (Å²) >= 11 is 0. The van der Waals surface area contributed by atoms with Gasteiger partial charge in [0.2, 0.25) is 94.5 Å². The van der Waals surface area contributed by atoms with E-state index in [1.807, 2.05) is 27.7 Å². The van der Waals surface area contributed by atoms with Gasteiger partial charge in [0, 0.05) is 38.9 Å². The Kier molecular flexibility index (Phi) is 54.7. The fourth-order valence-electron chi connectivity index (χ4n) is 17.3. The van der Waals surface area contributed by atoms with Gasteiger partial charge in [0.1, 0.15) is 84.6 Å². The van der Waals surface area contributed by atoms with Gasteiger partial charge in [-0.2, -0.15) is 0 Å². The van der Waals surface area contributed by atoms with E-state index >= 15 is 38.4 Å². The summed E-state index contributed by atoms with van der Waals surface area (Å²) in [4.78, 5) is 239. The Hall–Kier alpha value is -10.3. The van der Waals surface area contributed by atoms with Crippen LogP contribution in [0.15, 0.2) is 60.7 Å². The van der Waals surface area contributed by atoms with Gasteiger partial charge in [-0.25, -0.2) is 0 Å². The van der Waals surface area contributed by atoms with Crippen molar-refractivity contribution in [2.75, 3.05) is 58.9 Å². The molecule has 2 aromatic carbocycles. The van der Waals surface area contributed by atoms with E-state index in [-0.39, 0.29) is 166 Å². The molecule has 0 radical (unpaired) electrons. The summed E-state index contributed by atoms with van der Waals surface area (Å²) in [7, 11) is 0. The molecule has 5 rings (SSSR count). The van der Waals surface area contributed by atoms with Crippen molar-refractivity contribution in [3.8, 4) is 0 Å². The van der Waals surface area contributed by atoms with Crippen LogP contribution in [-0.2, 0) is 89.6 Å². The first-order valence-electron chi connectivity index (χ1n) is 50.2. The van der Waals surface area contributed by atoms with E-state index in [1.54, 1.807) is 88.4 Å². The number of nitrogens with one attached hydrogen (secondary N) is 14. The number of nitrogens with two attached hydrogens (primary N) is 6. The molecule has 38 heteroatoms. The molecular formula is C98H166N22O16. The number of hydrogen-bond acceptors (Lipinski definition) is 22. The Labute approximate surface area is 805 Å². The summed E-state index contributed by atoms with van der Waals surface area (Å²) in [6.07, 6.45) is 11.5. The minimum Gasteiger partial charge on any atom is -0.368 e. The fourth-order valence-corrected chi connectivity index (χ4v) is 17.3. The number of hydrogen-bond donors (Lipinski definition) is 20. The van der Waals surface area contributed by atoms with Crippen LogP contribution in [-0.4, -0.2) is 254 Å². The molecule has 3 heterocycles. The first-order chi connectivity index (χ1) is 65.1. The van der Waals surface area contributed by atoms with Gasteiger partial charge in [0.25, 0.3) is 0 Å². The van der Waals surface area contributed by atoms with Gasteiger partial charge >= 0.3 is 0 Å². The van der Waals surface area contributed by atoms with Crippen LogP contribution in [0.5, 0.6) is 0 Å². The maximum Gasteiger partial charge on any atom is 0.246 e. The standard InChI is InChI=1S/C98H166N22O16/c1-10-11-12-13-20-48-81(121)106-55-30-24-39-68(84(104)122)107-86(124)70(41-22-27-50-100)108-85(123)69(40-21-26-49-99)105-54-29-25-43-72-90(128)118-83(65(8)9)96(134)112-74(45-32-53-103)88(126)114-75(58-62(2)3)91(129)115-77(60-66-35-16-14-17-36-66)97(135)119-56-33-46-79(119)93(131)109-71(42-23-28-51-101)89(127)117-82(64(6)7)95(133)111-73(44-31-52-102)87(125)113-76(59-63(4)5)92(130)116-78(61-67-37-18-15-19-38-67)98(136)120-57-34-47-80(120)94(132)110-72/h14-19,35-38,62-65,68-80,82-83,105H,10-13,20-34,39-61,99-103H2,1-9H3,(H2,104,122)(H,106,121)(H,107,124)(H,108,123)(H,109,131)(H,110,132)(H,111,133)(H,112,134)(H,113,125)(H,114,126)(H,115,129)(H,116,130)(H,117,127)(H,118,128)/t68-,69-,70-,71+,72+,73-,74-,75-,76-,77+,78+,79-,80-,82-,83-/m0/s1. The van der Waals surface area contributed by atoms with Crippen LogP contribution in [0.3, 0.4) is 0 Å². The lowest BCUT2D eigenvalue weighted by atomic mass is 9.99. The molecule has 0 bridgehead atoms. The number of carbonyl (C=O) groups excluding carboxylic acids is 16. The zero-order valence-electron chi connectivity index (χ0n) is 82.3. The van der Waals surface area contributed by atoms with E-state index in [0.29, 0.717) is 101 Å². The Balaban J connectivity index is 1.59. The molecule has 136 heavy (non-hydrogen) atoms. The number of nitrogens with zero attached hydrogens (tertiary/aromatic N) is 2. The van der Waals surface area contributed by atoms with E-state index in [0.717, 1.165) is 32.1 Å². The zero-order chi connectivity index (χ0) is 100. The molecule has 3 saturated heterocycles. The fraction of sp³-hybridized carbons (Fsp3) is 0.714. The van der Waals surface area contributed by atoms with E-state index in [9.17, 15) is 38.4 Å². The average Bonchev–Trinajstić information content (AvgIpc) is 1.65. The highest BCUT2D eigenvalue weighted by molar-refractivity contribution is 6.01. The highest BCUT2D eigenvalue weighted by Gasteiger charge is 2.45. The van der Waals surface area contributed by atoms with E-state index in [1.165, 1.54) is 9.80 Å². The van der Waals surface area contributed by atoms with Gasteiger partial charge in [-0.05, 0) is 235 Å². The van der Waals surface area contributed by atoms with Crippen molar-refractivity contribution in [2.24, 2.45) is 58.1 Å². The molecule has 764 valence electrons. The maximum atomic E-state index is 15.6. The Morgan fingerprint density at radius 1 is 0.368 bits per heavy atom. The predicted molar refractivity (Wildman–Crippen MR) is 522 cm³/mol. The average molecular weight is 1910 g/mol. The number of carbonyl (C=O) groups is 16. The zero-order valence-corrected chi connectivity index (χ0v) is 82.3. The lowest BCUT2D eigenvalue weighted by Crippen LogP contribution is -2.62. The highest BCUT2D eigenvalue weighted by Crippen LogP contribution is 2.25. The van der Waals surface area contributed by atoms with Crippen molar-refractivity contribution in [3.63, 3.8) is 0 Å². The number of amides is 16. The van der Waals surface area contributed by atoms with Crippen LogP contribution < -0.4 is 109 Å². The largest absolute Gasteiger partial charge is 0.368 e. The summed E-state index contributed by atoms with van der Waals surface area (Å²) in [5.41, 5.74) is 37.0. The molecule has 3 fully saturated rings. The second kappa shape index (κ2) is 64.0. The molecule has 15 atom stereocenters. The SMILES string of the molecule is CCCCCCCC(=O)NCCCC[C@H](NC(=O)[C@H](CCCCN)NC(=O)[C@H](CCCCN)NCCCC[C@H]1NC(=O)[C@@H]2CCCN2C(=O)[C@@H](Cc2ccccc2)NC(=O)[C@H](CC(C)C)NC(=O)[C@H](CCCN)NC(=O)[C@H](C(C)C)NC(=O)[C@@H](CCCCN)NC(=O)[C@@H]2CCCN2C(=O)[C@@H](Cc2ccccc2)NC(=O)[C@H](CC(C)C)NC(=O)[C@H](CCCN)NC(=O)[C@H](C(C)C)NC1=O)C(N)=O. The van der Waals surface area contributed by atoms with E-state index in [2.05, 4.69) is 81.4 Å². The number of benzene rings is 2. The molecule has 16 amide bonds. The third-order valence-corrected chi connectivity index (χ3v) is 25.1. The van der Waals surface area contributed by atoms with Crippen molar-refractivity contribution < 1.29 is 76.7 Å². The summed E-state index contributed by atoms with van der Waals surface area (Å²) in [5, 5.41) is 40.6. The molecule has 0 aromatic heterocycles. The monoisotopic (exact) mass is 1910 g/mol. The third-order valence-electron chi connectivity index (χ3n) is 25.1. The lowest BCUT2D eigenvalue weighted by molar-refractivity contribution is -0.143. The number of rotatable bonds is 50. The second-order valence-corrected chi connectivity index (χ2v) is 38.2. The first kappa shape index (κ1) is 116. The molecule has 2 aromatic rings. The minimum absolute atomic E-state index is 0.0208. The van der Waals surface area contributed by atoms with E-state index < -0.39 is 191 Å². The van der Waals surface area contributed by atoms with Crippen molar-refractivity contribution >= 4 is 94.5 Å². The topological polar surface area (TPSA) is 604 Å². The van der Waals surface area contributed by atoms with Gasteiger partial charge in [-0.15, -0.1) is 0 Å². The first-order valence-corrected chi connectivity index (χ1v) is 50.2. The van der Waals surface area contributed by atoms with Crippen molar-refractivity contribution in [1.29, 1.82) is 0 Å². The van der Waals surface area contributed by atoms with Gasteiger partial charge < -0.3 is 119 Å². The predicted octanol–water partition coefficient (Wildman–Crippen LogP) is 1.81. The quantitative estimate of drug-likeness (QED) is 0.0420. The number of fused-ring (bicyclic) bond motifs is 2. The van der Waals surface area contributed by atoms with Crippen LogP contribution in [0.1, 0.15) is 272 Å². The normalized spacial score (nSPS) is 22.8. The molecule has 26 N–H and O–H groups in total. The van der Waals surface area contributed by atoms with Crippen LogP contribution in [0.2, 0.25) is 0 Å². The van der Waals surface area contributed by atoms with Crippen molar-refractivity contribution in [1.82, 2.24) is 84.2 Å². The third kappa shape index (κ3) is 41.6. The van der Waals surface area contributed by atoms with Crippen LogP contribution >= 0.6 is 0 Å². The van der Waals surface area contributed by atoms with E-state index in [4.69, 9.17) is 34.4 Å². The number of primary amides is 1. The molecule has 0 spiro atoms. The Morgan fingerprint density at radius 3 is 1.13 bits per heavy atom. The van der Waals surface area contributed by atoms with Gasteiger partial charge in [0.15, 0.2) is 0 Å². The summed E-state index contributed by atoms with van der Waals surface area (Å²) in [6, 6.07) is -1.36. The molecular weight excluding hydrogens is 1740 g/mol. The second-order valence-electron chi connectivity index (χ2n) is 38.2. The molecule has 0 aliphatic carbocycles. The highest BCUT2D eigenvalue weighted by atomic mass is 16.2. The van der Waals surface area contributed by atoms with Crippen LogP contribution in [0.4, 0.5) is 0 Å². The lowest BCUT2D eigenvalue weighted by Gasteiger charge is -2.32. The summed E-state index contributed by atoms with van der Waals surface area (Å²) < 4.78 is 0. The van der Waals surface area contributed by atoms with Crippen molar-refractivity contribution in [2.45, 2.75) is 365 Å². The smallest absolute Gasteiger partial charge is 0.246 e. The Bertz CT molecular complexity index is 4050. The van der Waals surface area contributed by atoms with Gasteiger partial charge in [-0.3, -0.25) is 76.7 Å². The molecule has 38 nitrogen and oxygen atoms in total. The minimum atomic E-state index is -1.44. The molecule has 0 unspecified atom stereocenters. The molecule has 3 aliphatic heterocycles. The Morgan fingerprint density at radius 2 is 0.713 bits per heavy atom. The summed E-state index contributed by atoms with van der Waals surface area (Å²) in [6.45, 7) is 17.8. The van der Waals surface area contributed by atoms with Gasteiger partial charge in [0.05, 0.1) is 6.04 Å². The van der Waals surface area contributed by atoms with Crippen molar-refractivity contribution in [3.05, 3.63) is 71.8 Å². The number of unbranched alkanes of at least 4 members (excludes halogenated alkanes) is 9. The molecule has 3 aliphatic rings. The van der Waals surface area contributed by atoms with Crippen LogP contribution in [0, 0.1) is 23.7 Å². The maximum absolute atomic E-state index is 15.6. The van der Waals surface area contributed by atoms with Crippen LogP contribution in [0.25, 0.3) is 0 Å².